The van der Waals surface area contributed by atoms with Gasteiger partial charge in [-0.3, -0.25) is 4.99 Å². The number of carbonyl (C=O) groups excluding carboxylic acids is 1. The van der Waals surface area contributed by atoms with Crippen LogP contribution in [-0.4, -0.2) is 35.9 Å². The molecule has 1 N–H and O–H groups in total. The Hall–Kier alpha value is -1.66. The summed E-state index contributed by atoms with van der Waals surface area (Å²) in [7, 11) is 1.40. The fourth-order valence-electron chi connectivity index (χ4n) is 1.31. The van der Waals surface area contributed by atoms with E-state index in [0.717, 1.165) is 12.3 Å². The van der Waals surface area contributed by atoms with Gasteiger partial charge in [-0.1, -0.05) is 23.2 Å². The van der Waals surface area contributed by atoms with Gasteiger partial charge in [0.25, 0.3) is 0 Å². The van der Waals surface area contributed by atoms with E-state index >= 15 is 0 Å². The molecule has 20 heavy (non-hydrogen) atoms. The molecule has 0 saturated carbocycles. The highest BCUT2D eigenvalue weighted by Crippen LogP contribution is 2.26. The highest BCUT2D eigenvalue weighted by atomic mass is 35.5. The van der Waals surface area contributed by atoms with Crippen LogP contribution in [0.1, 0.15) is 12.5 Å². The van der Waals surface area contributed by atoms with Gasteiger partial charge in [-0.2, -0.15) is 0 Å². The zero-order valence-electron chi connectivity index (χ0n) is 10.7. The van der Waals surface area contributed by atoms with E-state index in [-0.39, 0.29) is 22.9 Å². The standard InChI is InChI=1S/C12H11Cl2FN2O3/c1-3-20-12(19)7(5-16-2)9(18)6-4-8(15)11(14)17-10(6)13/h4-5,18H,3H2,1-2H3/b9-7-,16-5?. The maximum absolute atomic E-state index is 13.4. The van der Waals surface area contributed by atoms with Crippen LogP contribution in [0.2, 0.25) is 10.3 Å². The van der Waals surface area contributed by atoms with Gasteiger partial charge in [-0.25, -0.2) is 14.2 Å². The van der Waals surface area contributed by atoms with E-state index in [2.05, 4.69) is 9.98 Å². The van der Waals surface area contributed by atoms with Crippen LogP contribution in [0.4, 0.5) is 4.39 Å². The first-order valence-electron chi connectivity index (χ1n) is 5.46. The third-order valence-electron chi connectivity index (χ3n) is 2.15. The first-order valence-corrected chi connectivity index (χ1v) is 6.22. The van der Waals surface area contributed by atoms with E-state index in [1.54, 1.807) is 6.92 Å². The summed E-state index contributed by atoms with van der Waals surface area (Å²) in [6.07, 6.45) is 1.08. The normalized spacial score (nSPS) is 12.4. The van der Waals surface area contributed by atoms with Crippen LogP contribution in [0, 0.1) is 5.82 Å². The number of aliphatic hydroxyl groups excluding tert-OH is 1. The summed E-state index contributed by atoms with van der Waals surface area (Å²) < 4.78 is 18.1. The molecule has 108 valence electrons. The second-order valence-corrected chi connectivity index (χ2v) is 4.19. The van der Waals surface area contributed by atoms with Gasteiger partial charge in [0.15, 0.2) is 11.0 Å². The first-order chi connectivity index (χ1) is 9.42. The van der Waals surface area contributed by atoms with Crippen LogP contribution < -0.4 is 0 Å². The number of hydrogen-bond donors (Lipinski definition) is 1. The Labute approximate surface area is 124 Å². The Morgan fingerprint density at radius 3 is 2.75 bits per heavy atom. The van der Waals surface area contributed by atoms with E-state index in [4.69, 9.17) is 27.9 Å². The molecule has 0 fully saturated rings. The van der Waals surface area contributed by atoms with Crippen LogP contribution in [0.5, 0.6) is 0 Å². The zero-order chi connectivity index (χ0) is 15.3. The van der Waals surface area contributed by atoms with E-state index in [1.807, 2.05) is 0 Å². The minimum Gasteiger partial charge on any atom is -0.506 e. The summed E-state index contributed by atoms with van der Waals surface area (Å²) in [5, 5.41) is 9.37. The molecule has 8 heteroatoms. The molecule has 0 bridgehead atoms. The molecule has 0 aliphatic rings. The molecule has 0 atom stereocenters. The SMILES string of the molecule is CCOC(=O)/C(C=NC)=C(\O)c1cc(F)c(Cl)nc1Cl. The summed E-state index contributed by atoms with van der Waals surface area (Å²) in [5.41, 5.74) is -0.448. The average molecular weight is 321 g/mol. The van der Waals surface area contributed by atoms with Gasteiger partial charge >= 0.3 is 5.97 Å². The molecule has 0 saturated heterocycles. The van der Waals surface area contributed by atoms with Crippen molar-refractivity contribution in [3.63, 3.8) is 0 Å². The van der Waals surface area contributed by atoms with Crippen LogP contribution in [0.3, 0.4) is 0 Å². The van der Waals surface area contributed by atoms with Crippen molar-refractivity contribution >= 4 is 41.1 Å². The fraction of sp³-hybridized carbons (Fsp3) is 0.250. The number of rotatable bonds is 4. The van der Waals surface area contributed by atoms with Gasteiger partial charge in [-0.15, -0.1) is 0 Å². The monoisotopic (exact) mass is 320 g/mol. The molecule has 1 rings (SSSR count). The molecule has 1 aromatic rings. The van der Waals surface area contributed by atoms with E-state index in [9.17, 15) is 14.3 Å². The van der Waals surface area contributed by atoms with Gasteiger partial charge in [-0.05, 0) is 13.0 Å². The summed E-state index contributed by atoms with van der Waals surface area (Å²) in [6, 6.07) is 0.871. The van der Waals surface area contributed by atoms with Crippen molar-refractivity contribution in [2.24, 2.45) is 4.99 Å². The van der Waals surface area contributed by atoms with E-state index in [0.29, 0.717) is 0 Å². The summed E-state index contributed by atoms with van der Waals surface area (Å²) in [6.45, 7) is 1.71. The molecular weight excluding hydrogens is 310 g/mol. The lowest BCUT2D eigenvalue weighted by Crippen LogP contribution is -2.11. The maximum atomic E-state index is 13.4. The Morgan fingerprint density at radius 1 is 1.55 bits per heavy atom. The minimum absolute atomic E-state index is 0.105. The lowest BCUT2D eigenvalue weighted by atomic mass is 10.1. The van der Waals surface area contributed by atoms with Crippen LogP contribution in [0.25, 0.3) is 5.76 Å². The predicted molar refractivity (Wildman–Crippen MR) is 74.8 cm³/mol. The number of hydrogen-bond acceptors (Lipinski definition) is 5. The summed E-state index contributed by atoms with van der Waals surface area (Å²) >= 11 is 11.2. The molecule has 0 aliphatic heterocycles. The Bertz CT molecular complexity index is 588. The number of aromatic nitrogens is 1. The molecule has 0 spiro atoms. The van der Waals surface area contributed by atoms with Gasteiger partial charge in [0.05, 0.1) is 12.2 Å². The lowest BCUT2D eigenvalue weighted by Gasteiger charge is -2.08. The highest BCUT2D eigenvalue weighted by Gasteiger charge is 2.20. The molecule has 5 nitrogen and oxygen atoms in total. The fourth-order valence-corrected chi connectivity index (χ4v) is 1.72. The van der Waals surface area contributed by atoms with Crippen LogP contribution in [0.15, 0.2) is 16.6 Å². The molecular formula is C12H11Cl2FN2O3. The molecule has 0 amide bonds. The van der Waals surface area contributed by atoms with Gasteiger partial charge in [0.2, 0.25) is 0 Å². The lowest BCUT2D eigenvalue weighted by molar-refractivity contribution is -0.137. The first kappa shape index (κ1) is 16.4. The summed E-state index contributed by atoms with van der Waals surface area (Å²) in [5.74, 6) is -2.29. The Kier molecular flexibility index (Phi) is 5.91. The number of aliphatic hydroxyl groups is 1. The van der Waals surface area contributed by atoms with E-state index < -0.39 is 22.7 Å². The van der Waals surface area contributed by atoms with Crippen molar-refractivity contribution in [2.75, 3.05) is 13.7 Å². The van der Waals surface area contributed by atoms with Crippen molar-refractivity contribution in [1.82, 2.24) is 4.98 Å². The Balaban J connectivity index is 3.42. The van der Waals surface area contributed by atoms with E-state index in [1.165, 1.54) is 7.05 Å². The number of esters is 1. The van der Waals surface area contributed by atoms with Crippen LogP contribution in [-0.2, 0) is 9.53 Å². The molecule has 0 aromatic carbocycles. The zero-order valence-corrected chi connectivity index (χ0v) is 12.2. The van der Waals surface area contributed by atoms with Crippen molar-refractivity contribution in [2.45, 2.75) is 6.92 Å². The summed E-state index contributed by atoms with van der Waals surface area (Å²) in [4.78, 5) is 18.8. The smallest absolute Gasteiger partial charge is 0.343 e. The predicted octanol–water partition coefficient (Wildman–Crippen LogP) is 3.06. The van der Waals surface area contributed by atoms with Crippen molar-refractivity contribution in [1.29, 1.82) is 0 Å². The minimum atomic E-state index is -0.880. The number of ether oxygens (including phenoxy) is 1. The average Bonchev–Trinajstić information content (AvgIpc) is 2.39. The molecule has 1 aromatic heterocycles. The topological polar surface area (TPSA) is 71.8 Å². The van der Waals surface area contributed by atoms with Crippen molar-refractivity contribution < 1.29 is 19.0 Å². The second-order valence-electron chi connectivity index (χ2n) is 3.47. The van der Waals surface area contributed by atoms with Gasteiger partial charge in [0, 0.05) is 13.3 Å². The quantitative estimate of drug-likeness (QED) is 0.304. The van der Waals surface area contributed by atoms with Crippen molar-refractivity contribution in [3.05, 3.63) is 33.3 Å². The third-order valence-corrected chi connectivity index (χ3v) is 2.70. The second kappa shape index (κ2) is 7.21. The third kappa shape index (κ3) is 3.68. The largest absolute Gasteiger partial charge is 0.506 e. The molecule has 1 heterocycles. The number of aliphatic imine (C=N–C) groups is 1. The Morgan fingerprint density at radius 2 is 2.20 bits per heavy atom. The van der Waals surface area contributed by atoms with Gasteiger partial charge < -0.3 is 9.84 Å². The number of carbonyl (C=O) groups is 1. The molecule has 0 unspecified atom stereocenters. The highest BCUT2D eigenvalue weighted by molar-refractivity contribution is 6.33. The number of pyridine rings is 1. The van der Waals surface area contributed by atoms with Crippen molar-refractivity contribution in [3.8, 4) is 0 Å². The molecule has 0 aliphatic carbocycles. The van der Waals surface area contributed by atoms with Crippen LogP contribution >= 0.6 is 23.2 Å². The maximum Gasteiger partial charge on any atom is 0.343 e. The molecule has 0 radical (unpaired) electrons. The number of nitrogens with zero attached hydrogens (tertiary/aromatic N) is 2. The number of halogens is 3. The van der Waals surface area contributed by atoms with Gasteiger partial charge in [0.1, 0.15) is 16.5 Å².